The lowest BCUT2D eigenvalue weighted by Gasteiger charge is -2.61. The highest BCUT2D eigenvalue weighted by atomic mass is 32.1. The van der Waals surface area contributed by atoms with E-state index in [1.54, 1.807) is 5.38 Å². The number of nitrogens with one attached hydrogen (secondary N) is 1. The number of nitrogens with zero attached hydrogens (tertiary/aromatic N) is 1. The fourth-order valence-electron chi connectivity index (χ4n) is 4.03. The molecule has 0 aliphatic heterocycles. The van der Waals surface area contributed by atoms with Crippen molar-refractivity contribution in [1.29, 1.82) is 0 Å². The van der Waals surface area contributed by atoms with Gasteiger partial charge in [-0.05, 0) is 36.0 Å². The molecule has 3 aliphatic rings. The van der Waals surface area contributed by atoms with Crippen LogP contribution in [0, 0.1) is 23.2 Å². The maximum Gasteiger partial charge on any atom is 0.358 e. The molecule has 6 heteroatoms. The van der Waals surface area contributed by atoms with E-state index in [9.17, 15) is 9.59 Å². The minimum atomic E-state index is -0.385. The maximum absolute atomic E-state index is 12.2. The van der Waals surface area contributed by atoms with Crippen LogP contribution in [-0.4, -0.2) is 23.0 Å². The molecule has 0 unspecified atom stereocenters. The number of hydrogen-bond donors (Lipinski definition) is 1. The van der Waals surface area contributed by atoms with E-state index in [1.807, 2.05) is 0 Å². The van der Waals surface area contributed by atoms with Crippen molar-refractivity contribution in [2.75, 3.05) is 5.32 Å². The number of carbonyl (C=O) groups excluding carboxylic acids is 2. The molecule has 1 aromatic heterocycles. The highest BCUT2D eigenvalue weighted by Crippen LogP contribution is 2.61. The van der Waals surface area contributed by atoms with E-state index in [2.05, 4.69) is 31.1 Å². The van der Waals surface area contributed by atoms with Gasteiger partial charge >= 0.3 is 5.97 Å². The Kier molecular flexibility index (Phi) is 3.75. The average Bonchev–Trinajstić information content (AvgIpc) is 2.88. The molecule has 1 heterocycles. The van der Waals surface area contributed by atoms with Gasteiger partial charge in [0.2, 0.25) is 5.91 Å². The largest absolute Gasteiger partial charge is 0.457 e. The van der Waals surface area contributed by atoms with Gasteiger partial charge in [-0.2, -0.15) is 0 Å². The SMILES string of the molecule is CC(=O)Nc1nc(C(=O)O[C@@H]2C[C@H]3C[C@@H]([C@H]2C)C3(C)C)cs1. The van der Waals surface area contributed by atoms with Crippen molar-refractivity contribution in [2.24, 2.45) is 23.2 Å². The van der Waals surface area contributed by atoms with E-state index in [4.69, 9.17) is 4.74 Å². The summed E-state index contributed by atoms with van der Waals surface area (Å²) in [7, 11) is 0. The van der Waals surface area contributed by atoms with Crippen LogP contribution in [0.25, 0.3) is 0 Å². The predicted octanol–water partition coefficient (Wildman–Crippen LogP) is 3.33. The number of anilines is 1. The number of carbonyl (C=O) groups is 2. The minimum absolute atomic E-state index is 0.0183. The zero-order valence-corrected chi connectivity index (χ0v) is 14.2. The first-order valence-electron chi connectivity index (χ1n) is 7.73. The van der Waals surface area contributed by atoms with E-state index < -0.39 is 0 Å². The molecular formula is C16H22N2O3S. The number of esters is 1. The summed E-state index contributed by atoms with van der Waals surface area (Å²) < 4.78 is 5.69. The van der Waals surface area contributed by atoms with Crippen molar-refractivity contribution >= 4 is 28.3 Å². The molecule has 3 saturated carbocycles. The zero-order chi connectivity index (χ0) is 16.1. The van der Waals surface area contributed by atoms with Gasteiger partial charge in [0.1, 0.15) is 6.10 Å². The molecule has 4 atom stereocenters. The molecule has 120 valence electrons. The van der Waals surface area contributed by atoms with Crippen LogP contribution in [0.3, 0.4) is 0 Å². The third-order valence-corrected chi connectivity index (χ3v) is 6.30. The number of thiazole rings is 1. The van der Waals surface area contributed by atoms with Crippen molar-refractivity contribution in [2.45, 2.75) is 46.6 Å². The Morgan fingerprint density at radius 2 is 2.14 bits per heavy atom. The number of rotatable bonds is 3. The Morgan fingerprint density at radius 1 is 1.41 bits per heavy atom. The topological polar surface area (TPSA) is 68.3 Å². The molecule has 0 radical (unpaired) electrons. The van der Waals surface area contributed by atoms with Gasteiger partial charge in [-0.15, -0.1) is 11.3 Å². The number of aromatic nitrogens is 1. The van der Waals surface area contributed by atoms with Crippen LogP contribution in [0.1, 0.15) is 51.0 Å². The van der Waals surface area contributed by atoms with Gasteiger partial charge in [-0.25, -0.2) is 9.78 Å². The maximum atomic E-state index is 12.2. The zero-order valence-electron chi connectivity index (χ0n) is 13.4. The van der Waals surface area contributed by atoms with Crippen LogP contribution in [-0.2, 0) is 9.53 Å². The van der Waals surface area contributed by atoms with Crippen LogP contribution in [0.5, 0.6) is 0 Å². The summed E-state index contributed by atoms with van der Waals surface area (Å²) in [5.74, 6) is 1.09. The van der Waals surface area contributed by atoms with Crippen molar-refractivity contribution in [3.63, 3.8) is 0 Å². The molecule has 3 aliphatic carbocycles. The normalized spacial score (nSPS) is 32.0. The molecule has 5 nitrogen and oxygen atoms in total. The van der Waals surface area contributed by atoms with Gasteiger partial charge < -0.3 is 10.1 Å². The van der Waals surface area contributed by atoms with E-state index in [-0.39, 0.29) is 23.7 Å². The van der Waals surface area contributed by atoms with Crippen molar-refractivity contribution in [3.8, 4) is 0 Å². The molecule has 2 bridgehead atoms. The Balaban J connectivity index is 1.63. The number of amides is 1. The Labute approximate surface area is 134 Å². The highest BCUT2D eigenvalue weighted by molar-refractivity contribution is 7.14. The van der Waals surface area contributed by atoms with Crippen molar-refractivity contribution < 1.29 is 14.3 Å². The second-order valence-corrected chi connectivity index (χ2v) is 7.98. The summed E-state index contributed by atoms with van der Waals surface area (Å²) in [6, 6.07) is 0. The molecular weight excluding hydrogens is 300 g/mol. The predicted molar refractivity (Wildman–Crippen MR) is 84.8 cm³/mol. The lowest BCUT2D eigenvalue weighted by Crippen LogP contribution is -2.57. The van der Waals surface area contributed by atoms with E-state index >= 15 is 0 Å². The van der Waals surface area contributed by atoms with Crippen LogP contribution in [0.4, 0.5) is 5.13 Å². The Hall–Kier alpha value is -1.43. The molecule has 22 heavy (non-hydrogen) atoms. The smallest absolute Gasteiger partial charge is 0.358 e. The third kappa shape index (κ3) is 2.53. The van der Waals surface area contributed by atoms with Crippen LogP contribution in [0.2, 0.25) is 0 Å². The molecule has 3 fully saturated rings. The lowest BCUT2D eigenvalue weighted by molar-refractivity contribution is -0.156. The Bertz CT molecular complexity index is 610. The van der Waals surface area contributed by atoms with Crippen LogP contribution in [0.15, 0.2) is 5.38 Å². The molecule has 0 spiro atoms. The van der Waals surface area contributed by atoms with Gasteiger partial charge in [0, 0.05) is 12.3 Å². The first-order valence-corrected chi connectivity index (χ1v) is 8.61. The first-order chi connectivity index (χ1) is 10.3. The van der Waals surface area contributed by atoms with Gasteiger partial charge in [-0.3, -0.25) is 4.79 Å². The number of fused-ring (bicyclic) bond motifs is 2. The molecule has 1 N–H and O–H groups in total. The number of ether oxygens (including phenoxy) is 1. The molecule has 1 amide bonds. The van der Waals surface area contributed by atoms with Gasteiger partial charge in [0.05, 0.1) is 0 Å². The van der Waals surface area contributed by atoms with E-state index in [0.717, 1.165) is 6.42 Å². The molecule has 4 rings (SSSR count). The summed E-state index contributed by atoms with van der Waals surface area (Å²) in [5.41, 5.74) is 0.654. The Morgan fingerprint density at radius 3 is 2.73 bits per heavy atom. The monoisotopic (exact) mass is 322 g/mol. The standard InChI is InChI=1S/C16H22N2O3S/c1-8-11-5-10(16(11,3)4)6-13(8)21-14(20)12-7-22-15(18-12)17-9(2)19/h7-8,10-11,13H,5-6H2,1-4H3,(H,17,18,19)/t8-,10-,11+,13-/m1/s1. The van der Waals surface area contributed by atoms with Crippen molar-refractivity contribution in [1.82, 2.24) is 4.98 Å². The summed E-state index contributed by atoms with van der Waals surface area (Å²) in [6.07, 6.45) is 2.18. The van der Waals surface area contributed by atoms with Crippen LogP contribution < -0.4 is 5.32 Å². The van der Waals surface area contributed by atoms with E-state index in [0.29, 0.717) is 28.3 Å². The lowest BCUT2D eigenvalue weighted by atomic mass is 9.45. The highest BCUT2D eigenvalue weighted by Gasteiger charge is 2.57. The summed E-state index contributed by atoms with van der Waals surface area (Å²) in [6.45, 7) is 8.24. The second-order valence-electron chi connectivity index (χ2n) is 7.12. The fourth-order valence-corrected chi connectivity index (χ4v) is 4.76. The van der Waals surface area contributed by atoms with Gasteiger partial charge in [-0.1, -0.05) is 20.8 Å². The molecule has 0 saturated heterocycles. The van der Waals surface area contributed by atoms with Crippen molar-refractivity contribution in [3.05, 3.63) is 11.1 Å². The fraction of sp³-hybridized carbons (Fsp3) is 0.688. The summed E-state index contributed by atoms with van der Waals surface area (Å²) in [5, 5.41) is 4.64. The van der Waals surface area contributed by atoms with Gasteiger partial charge in [0.15, 0.2) is 10.8 Å². The van der Waals surface area contributed by atoms with Gasteiger partial charge in [0.25, 0.3) is 0 Å². The third-order valence-electron chi connectivity index (χ3n) is 5.54. The second kappa shape index (κ2) is 5.33. The summed E-state index contributed by atoms with van der Waals surface area (Å²) >= 11 is 1.23. The first kappa shape index (κ1) is 15.5. The quantitative estimate of drug-likeness (QED) is 0.867. The minimum Gasteiger partial charge on any atom is -0.457 e. The van der Waals surface area contributed by atoms with E-state index in [1.165, 1.54) is 24.7 Å². The average molecular weight is 322 g/mol. The molecule has 1 aromatic rings. The summed E-state index contributed by atoms with van der Waals surface area (Å²) in [4.78, 5) is 27.4. The molecule has 0 aromatic carbocycles. The van der Waals surface area contributed by atoms with Crippen LogP contribution >= 0.6 is 11.3 Å². The number of hydrogen-bond acceptors (Lipinski definition) is 5.